The van der Waals surface area contributed by atoms with E-state index in [0.29, 0.717) is 11.5 Å². The molecule has 2 rings (SSSR count). The molecule has 0 bridgehead atoms. The molecule has 1 aromatic carbocycles. The van der Waals surface area contributed by atoms with Gasteiger partial charge in [-0.25, -0.2) is 4.39 Å². The van der Waals surface area contributed by atoms with E-state index in [0.717, 1.165) is 12.1 Å². The van der Waals surface area contributed by atoms with Gasteiger partial charge in [0, 0.05) is 12.6 Å². The minimum Gasteiger partial charge on any atom is -0.310 e. The molecule has 0 aromatic heterocycles. The molecule has 1 fully saturated rings. The second-order valence-electron chi connectivity index (χ2n) is 6.42. The number of hydrogen-bond donors (Lipinski definition) is 1. The van der Waals surface area contributed by atoms with Crippen molar-refractivity contribution in [1.29, 1.82) is 0 Å². The molecule has 106 valence electrons. The van der Waals surface area contributed by atoms with E-state index in [1.54, 1.807) is 12.1 Å². The van der Waals surface area contributed by atoms with Crippen LogP contribution in [0.5, 0.6) is 0 Å². The lowest BCUT2D eigenvalue weighted by Gasteiger charge is -2.22. The van der Waals surface area contributed by atoms with E-state index in [1.807, 2.05) is 0 Å². The Kier molecular flexibility index (Phi) is 4.86. The van der Waals surface area contributed by atoms with E-state index in [2.05, 4.69) is 19.2 Å². The summed E-state index contributed by atoms with van der Waals surface area (Å²) in [5, 5.41) is 3.79. The largest absolute Gasteiger partial charge is 0.310 e. The van der Waals surface area contributed by atoms with E-state index in [4.69, 9.17) is 11.6 Å². The lowest BCUT2D eigenvalue weighted by atomic mass is 9.85. The summed E-state index contributed by atoms with van der Waals surface area (Å²) in [6.07, 6.45) is 6.33. The Hall–Kier alpha value is -0.600. The highest BCUT2D eigenvalue weighted by Crippen LogP contribution is 2.33. The molecule has 1 unspecified atom stereocenters. The molecule has 3 heteroatoms. The SMILES string of the molecule is CC1(C)CCCC(NCc2ccc(F)c(Cl)c2)CC1. The Morgan fingerprint density at radius 2 is 2.11 bits per heavy atom. The van der Waals surface area contributed by atoms with Gasteiger partial charge in [-0.05, 0) is 48.8 Å². The Morgan fingerprint density at radius 3 is 2.84 bits per heavy atom. The van der Waals surface area contributed by atoms with Gasteiger partial charge in [-0.1, -0.05) is 37.9 Å². The van der Waals surface area contributed by atoms with Crippen LogP contribution in [0.1, 0.15) is 51.5 Å². The summed E-state index contributed by atoms with van der Waals surface area (Å²) in [5.74, 6) is -0.346. The van der Waals surface area contributed by atoms with Gasteiger partial charge < -0.3 is 5.32 Å². The highest BCUT2D eigenvalue weighted by atomic mass is 35.5. The highest BCUT2D eigenvalue weighted by molar-refractivity contribution is 6.30. The van der Waals surface area contributed by atoms with Crippen molar-refractivity contribution < 1.29 is 4.39 Å². The van der Waals surface area contributed by atoms with Gasteiger partial charge in [0.25, 0.3) is 0 Å². The molecule has 1 aliphatic carbocycles. The summed E-state index contributed by atoms with van der Waals surface area (Å²) < 4.78 is 13.1. The number of rotatable bonds is 3. The number of benzene rings is 1. The van der Waals surface area contributed by atoms with Crippen LogP contribution in [-0.4, -0.2) is 6.04 Å². The molecular weight excluding hydrogens is 261 g/mol. The number of hydrogen-bond acceptors (Lipinski definition) is 1. The summed E-state index contributed by atoms with van der Waals surface area (Å²) >= 11 is 5.80. The first-order chi connectivity index (χ1) is 8.96. The lowest BCUT2D eigenvalue weighted by molar-refractivity contribution is 0.309. The van der Waals surface area contributed by atoms with Crippen molar-refractivity contribution in [2.45, 2.75) is 58.5 Å². The zero-order valence-corrected chi connectivity index (χ0v) is 12.6. The maximum absolute atomic E-state index is 13.1. The second kappa shape index (κ2) is 6.23. The molecule has 0 saturated heterocycles. The van der Waals surface area contributed by atoms with Gasteiger partial charge in [-0.2, -0.15) is 0 Å². The molecule has 0 amide bonds. The van der Waals surface area contributed by atoms with Crippen molar-refractivity contribution in [2.24, 2.45) is 5.41 Å². The third-order valence-corrected chi connectivity index (χ3v) is 4.44. The standard InChI is InChI=1S/C16H23ClFN/c1-16(2)8-3-4-13(7-9-16)19-11-12-5-6-15(18)14(17)10-12/h5-6,10,13,19H,3-4,7-9,11H2,1-2H3. The molecule has 0 aliphatic heterocycles. The molecule has 0 radical (unpaired) electrons. The van der Waals surface area contributed by atoms with E-state index < -0.39 is 0 Å². The topological polar surface area (TPSA) is 12.0 Å². The smallest absolute Gasteiger partial charge is 0.141 e. The van der Waals surface area contributed by atoms with Gasteiger partial charge in [0.15, 0.2) is 0 Å². The maximum Gasteiger partial charge on any atom is 0.141 e. The first-order valence-corrected chi connectivity index (χ1v) is 7.51. The normalized spacial score (nSPS) is 23.1. The zero-order valence-electron chi connectivity index (χ0n) is 11.8. The van der Waals surface area contributed by atoms with E-state index in [1.165, 1.54) is 38.2 Å². The number of nitrogens with one attached hydrogen (secondary N) is 1. The molecule has 0 spiro atoms. The summed E-state index contributed by atoms with van der Waals surface area (Å²) in [6.45, 7) is 5.48. The first kappa shape index (κ1) is 14.8. The van der Waals surface area contributed by atoms with Crippen LogP contribution in [0.2, 0.25) is 5.02 Å². The number of halogens is 2. The molecule has 1 nitrogen and oxygen atoms in total. The first-order valence-electron chi connectivity index (χ1n) is 7.14. The van der Waals surface area contributed by atoms with Crippen molar-refractivity contribution in [3.8, 4) is 0 Å². The average molecular weight is 284 g/mol. The fraction of sp³-hybridized carbons (Fsp3) is 0.625. The fourth-order valence-corrected chi connectivity index (χ4v) is 2.98. The fourth-order valence-electron chi connectivity index (χ4n) is 2.78. The third-order valence-electron chi connectivity index (χ3n) is 4.15. The second-order valence-corrected chi connectivity index (χ2v) is 6.83. The van der Waals surface area contributed by atoms with Crippen LogP contribution in [0.4, 0.5) is 4.39 Å². The monoisotopic (exact) mass is 283 g/mol. The molecule has 1 saturated carbocycles. The Bertz CT molecular complexity index is 431. The summed E-state index contributed by atoms with van der Waals surface area (Å²) in [4.78, 5) is 0. The van der Waals surface area contributed by atoms with Crippen LogP contribution in [0.3, 0.4) is 0 Å². The summed E-state index contributed by atoms with van der Waals surface area (Å²) in [5.41, 5.74) is 1.53. The zero-order chi connectivity index (χ0) is 13.9. The molecule has 0 heterocycles. The predicted molar refractivity (Wildman–Crippen MR) is 78.9 cm³/mol. The van der Waals surface area contributed by atoms with Crippen LogP contribution >= 0.6 is 11.6 Å². The van der Waals surface area contributed by atoms with Crippen LogP contribution in [0.15, 0.2) is 18.2 Å². The molecule has 19 heavy (non-hydrogen) atoms. The molecule has 1 atom stereocenters. The van der Waals surface area contributed by atoms with Crippen LogP contribution in [0.25, 0.3) is 0 Å². The van der Waals surface area contributed by atoms with Gasteiger partial charge in [0.1, 0.15) is 5.82 Å². The van der Waals surface area contributed by atoms with Gasteiger partial charge in [0.2, 0.25) is 0 Å². The van der Waals surface area contributed by atoms with Gasteiger partial charge in [0.05, 0.1) is 5.02 Å². The Labute approximate surface area is 120 Å². The summed E-state index contributed by atoms with van der Waals surface area (Å²) in [7, 11) is 0. The van der Waals surface area contributed by atoms with Crippen LogP contribution in [0, 0.1) is 11.2 Å². The summed E-state index contributed by atoms with van der Waals surface area (Å²) in [6, 6.07) is 5.53. The Balaban J connectivity index is 1.86. The van der Waals surface area contributed by atoms with Crippen molar-refractivity contribution in [1.82, 2.24) is 5.32 Å². The quantitative estimate of drug-likeness (QED) is 0.776. The minimum absolute atomic E-state index is 0.210. The lowest BCUT2D eigenvalue weighted by Crippen LogP contribution is -2.28. The predicted octanol–water partition coefficient (Wildman–Crippen LogP) is 4.93. The molecular formula is C16H23ClFN. The molecule has 1 aliphatic rings. The molecule has 1 aromatic rings. The van der Waals surface area contributed by atoms with Crippen LogP contribution < -0.4 is 5.32 Å². The average Bonchev–Trinajstić information content (AvgIpc) is 2.52. The van der Waals surface area contributed by atoms with Crippen molar-refractivity contribution in [2.75, 3.05) is 0 Å². The van der Waals surface area contributed by atoms with Crippen LogP contribution in [-0.2, 0) is 6.54 Å². The van der Waals surface area contributed by atoms with E-state index in [9.17, 15) is 4.39 Å². The van der Waals surface area contributed by atoms with Crippen molar-refractivity contribution in [3.63, 3.8) is 0 Å². The van der Waals surface area contributed by atoms with Gasteiger partial charge >= 0.3 is 0 Å². The maximum atomic E-state index is 13.1. The van der Waals surface area contributed by atoms with Gasteiger partial charge in [-0.15, -0.1) is 0 Å². The highest BCUT2D eigenvalue weighted by Gasteiger charge is 2.23. The minimum atomic E-state index is -0.346. The van der Waals surface area contributed by atoms with Crippen molar-refractivity contribution >= 4 is 11.6 Å². The van der Waals surface area contributed by atoms with Gasteiger partial charge in [-0.3, -0.25) is 0 Å². The van der Waals surface area contributed by atoms with E-state index in [-0.39, 0.29) is 10.8 Å². The molecule has 1 N–H and O–H groups in total. The third kappa shape index (κ3) is 4.47. The van der Waals surface area contributed by atoms with E-state index >= 15 is 0 Å². The Morgan fingerprint density at radius 1 is 1.32 bits per heavy atom. The van der Waals surface area contributed by atoms with Crippen molar-refractivity contribution in [3.05, 3.63) is 34.6 Å².